The molecule has 78 valence electrons. The lowest BCUT2D eigenvalue weighted by atomic mass is 10.4. The number of hydrogen-bond donors (Lipinski definition) is 1. The summed E-state index contributed by atoms with van der Waals surface area (Å²) in [6.45, 7) is 0. The van der Waals surface area contributed by atoms with Gasteiger partial charge in [0.25, 0.3) is 0 Å². The minimum atomic E-state index is 0.240. The Hall–Kier alpha value is -1.36. The normalized spacial score (nSPS) is 15.9. The second-order valence-corrected chi connectivity index (χ2v) is 4.13. The van der Waals surface area contributed by atoms with Gasteiger partial charge in [0.15, 0.2) is 11.5 Å². The van der Waals surface area contributed by atoms with Crippen molar-refractivity contribution in [3.63, 3.8) is 0 Å². The van der Waals surface area contributed by atoms with Gasteiger partial charge in [0.1, 0.15) is 5.52 Å². The van der Waals surface area contributed by atoms with Crippen LogP contribution in [-0.2, 0) is 7.05 Å². The summed E-state index contributed by atoms with van der Waals surface area (Å²) in [4.78, 5) is 12.4. The van der Waals surface area contributed by atoms with Gasteiger partial charge >= 0.3 is 0 Å². The van der Waals surface area contributed by atoms with Crippen LogP contribution in [0.1, 0.15) is 12.8 Å². The Kier molecular flexibility index (Phi) is 1.82. The van der Waals surface area contributed by atoms with Gasteiger partial charge in [0.05, 0.1) is 6.33 Å². The van der Waals surface area contributed by atoms with Gasteiger partial charge in [0.2, 0.25) is 5.28 Å². The average molecular weight is 224 g/mol. The van der Waals surface area contributed by atoms with Gasteiger partial charge in [-0.05, 0) is 24.4 Å². The Balaban J connectivity index is 2.18. The second-order valence-electron chi connectivity index (χ2n) is 3.79. The topological polar surface area (TPSA) is 55.6 Å². The van der Waals surface area contributed by atoms with Crippen LogP contribution in [0.2, 0.25) is 5.28 Å². The predicted molar refractivity (Wildman–Crippen MR) is 58.0 cm³/mol. The van der Waals surface area contributed by atoms with Crippen LogP contribution in [0.5, 0.6) is 0 Å². The Morgan fingerprint density at radius 3 is 3.00 bits per heavy atom. The SMILES string of the molecule is Cn1cnc2nc(Cl)nc(NC3CC3)c21. The van der Waals surface area contributed by atoms with E-state index in [0.29, 0.717) is 11.7 Å². The number of fused-ring (bicyclic) bond motifs is 1. The smallest absolute Gasteiger partial charge is 0.226 e. The molecule has 0 unspecified atom stereocenters. The molecule has 0 atom stereocenters. The van der Waals surface area contributed by atoms with E-state index in [4.69, 9.17) is 11.6 Å². The summed E-state index contributed by atoms with van der Waals surface area (Å²) in [6.07, 6.45) is 4.11. The van der Waals surface area contributed by atoms with Crippen molar-refractivity contribution in [2.75, 3.05) is 5.32 Å². The molecule has 6 heteroatoms. The Bertz CT molecular complexity index is 516. The molecule has 1 aliphatic rings. The van der Waals surface area contributed by atoms with E-state index >= 15 is 0 Å². The van der Waals surface area contributed by atoms with Gasteiger partial charge in [-0.25, -0.2) is 4.98 Å². The van der Waals surface area contributed by atoms with E-state index in [2.05, 4.69) is 20.3 Å². The molecule has 1 aliphatic carbocycles. The minimum Gasteiger partial charge on any atom is -0.365 e. The molecule has 1 fully saturated rings. The summed E-state index contributed by atoms with van der Waals surface area (Å²) < 4.78 is 1.90. The number of anilines is 1. The summed E-state index contributed by atoms with van der Waals surface area (Å²) in [6, 6.07) is 0.536. The van der Waals surface area contributed by atoms with Crippen LogP contribution < -0.4 is 5.32 Å². The maximum Gasteiger partial charge on any atom is 0.226 e. The molecule has 15 heavy (non-hydrogen) atoms. The van der Waals surface area contributed by atoms with Crippen molar-refractivity contribution in [1.82, 2.24) is 19.5 Å². The van der Waals surface area contributed by atoms with Gasteiger partial charge < -0.3 is 9.88 Å². The predicted octanol–water partition coefficient (Wildman–Crippen LogP) is 1.59. The fourth-order valence-electron chi connectivity index (χ4n) is 1.55. The van der Waals surface area contributed by atoms with Crippen LogP contribution in [0.15, 0.2) is 6.33 Å². The third-order valence-electron chi connectivity index (χ3n) is 2.46. The standard InChI is InChI=1S/C9H10ClN5/c1-15-4-11-7-6(15)8(12-5-2-3-5)14-9(10)13-7/h4-5H,2-3H2,1H3,(H,12,13,14). The molecule has 0 bridgehead atoms. The average Bonchev–Trinajstić information content (AvgIpc) is 2.91. The maximum atomic E-state index is 5.83. The van der Waals surface area contributed by atoms with E-state index in [1.807, 2.05) is 11.6 Å². The van der Waals surface area contributed by atoms with Crippen LogP contribution in [0.4, 0.5) is 5.82 Å². The molecule has 0 aliphatic heterocycles. The molecule has 0 amide bonds. The molecular formula is C9H10ClN5. The summed E-state index contributed by atoms with van der Waals surface area (Å²) in [7, 11) is 1.92. The van der Waals surface area contributed by atoms with Crippen molar-refractivity contribution in [3.8, 4) is 0 Å². The maximum absolute atomic E-state index is 5.83. The van der Waals surface area contributed by atoms with E-state index in [9.17, 15) is 0 Å². The van der Waals surface area contributed by atoms with Crippen LogP contribution in [0, 0.1) is 0 Å². The molecule has 0 spiro atoms. The van der Waals surface area contributed by atoms with Gasteiger partial charge in [-0.15, -0.1) is 0 Å². The highest BCUT2D eigenvalue weighted by Crippen LogP contribution is 2.28. The number of nitrogens with one attached hydrogen (secondary N) is 1. The number of nitrogens with zero attached hydrogens (tertiary/aromatic N) is 4. The van der Waals surface area contributed by atoms with Crippen molar-refractivity contribution < 1.29 is 0 Å². The zero-order chi connectivity index (χ0) is 10.4. The molecule has 0 aromatic carbocycles. The molecule has 2 aromatic heterocycles. The molecule has 2 heterocycles. The molecule has 2 aromatic rings. The highest BCUT2D eigenvalue weighted by atomic mass is 35.5. The van der Waals surface area contributed by atoms with E-state index < -0.39 is 0 Å². The lowest BCUT2D eigenvalue weighted by molar-refractivity contribution is 0.942. The fraction of sp³-hybridized carbons (Fsp3) is 0.444. The van der Waals surface area contributed by atoms with Crippen LogP contribution in [0.25, 0.3) is 11.2 Å². The summed E-state index contributed by atoms with van der Waals surface area (Å²) >= 11 is 5.83. The van der Waals surface area contributed by atoms with Crippen molar-refractivity contribution in [3.05, 3.63) is 11.6 Å². The number of rotatable bonds is 2. The second kappa shape index (κ2) is 3.06. The van der Waals surface area contributed by atoms with Crippen molar-refractivity contribution in [2.24, 2.45) is 7.05 Å². The summed E-state index contributed by atoms with van der Waals surface area (Å²) in [5.74, 6) is 0.785. The lowest BCUT2D eigenvalue weighted by Gasteiger charge is -2.05. The first-order valence-electron chi connectivity index (χ1n) is 4.85. The van der Waals surface area contributed by atoms with E-state index in [1.54, 1.807) is 6.33 Å². The minimum absolute atomic E-state index is 0.240. The first-order valence-corrected chi connectivity index (χ1v) is 5.23. The number of hydrogen-bond acceptors (Lipinski definition) is 4. The summed E-state index contributed by atoms with van der Waals surface area (Å²) in [5, 5.41) is 3.57. The van der Waals surface area contributed by atoms with Crippen LogP contribution in [-0.4, -0.2) is 25.6 Å². The first-order chi connectivity index (χ1) is 7.24. The van der Waals surface area contributed by atoms with Crippen molar-refractivity contribution >= 4 is 28.6 Å². The van der Waals surface area contributed by atoms with Gasteiger partial charge in [0, 0.05) is 13.1 Å². The first kappa shape index (κ1) is 8.91. The molecule has 5 nitrogen and oxygen atoms in total. The Morgan fingerprint density at radius 2 is 2.27 bits per heavy atom. The molecule has 3 rings (SSSR count). The zero-order valence-corrected chi connectivity index (χ0v) is 8.99. The summed E-state index contributed by atoms with van der Waals surface area (Å²) in [5.41, 5.74) is 1.55. The van der Waals surface area contributed by atoms with E-state index in [1.165, 1.54) is 12.8 Å². The highest BCUT2D eigenvalue weighted by molar-refractivity contribution is 6.28. The van der Waals surface area contributed by atoms with Crippen LogP contribution in [0.3, 0.4) is 0 Å². The monoisotopic (exact) mass is 223 g/mol. The van der Waals surface area contributed by atoms with Crippen molar-refractivity contribution in [2.45, 2.75) is 18.9 Å². The number of aryl methyl sites for hydroxylation is 1. The van der Waals surface area contributed by atoms with E-state index in [0.717, 1.165) is 11.3 Å². The fourth-order valence-corrected chi connectivity index (χ4v) is 1.72. The highest BCUT2D eigenvalue weighted by Gasteiger charge is 2.23. The van der Waals surface area contributed by atoms with Gasteiger partial charge in [-0.1, -0.05) is 0 Å². The Labute approximate surface area is 91.5 Å². The van der Waals surface area contributed by atoms with Crippen LogP contribution >= 0.6 is 11.6 Å². The Morgan fingerprint density at radius 1 is 1.47 bits per heavy atom. The third kappa shape index (κ3) is 1.52. The molecular weight excluding hydrogens is 214 g/mol. The zero-order valence-electron chi connectivity index (χ0n) is 8.24. The van der Waals surface area contributed by atoms with Gasteiger partial charge in [-0.3, -0.25) is 0 Å². The quantitative estimate of drug-likeness (QED) is 0.786. The molecule has 1 saturated carbocycles. The van der Waals surface area contributed by atoms with Crippen molar-refractivity contribution in [1.29, 1.82) is 0 Å². The van der Waals surface area contributed by atoms with Gasteiger partial charge in [-0.2, -0.15) is 9.97 Å². The molecule has 0 saturated heterocycles. The van der Waals surface area contributed by atoms with E-state index in [-0.39, 0.29) is 5.28 Å². The molecule has 0 radical (unpaired) electrons. The molecule has 1 N–H and O–H groups in total. The number of halogens is 1. The number of imidazole rings is 1. The lowest BCUT2D eigenvalue weighted by Crippen LogP contribution is -2.06. The third-order valence-corrected chi connectivity index (χ3v) is 2.63. The largest absolute Gasteiger partial charge is 0.365 e. The number of aromatic nitrogens is 4.